The fourth-order valence-corrected chi connectivity index (χ4v) is 11.1. The number of aryl methyl sites for hydroxylation is 1. The number of hydrogen-bond acceptors (Lipinski definition) is 5. The Kier molecular flexibility index (Phi) is 11.3. The maximum Gasteiger partial charge on any atom is 0.416 e. The molecular formula is C56H56F3NO4. The first-order valence-electron chi connectivity index (χ1n) is 23.1. The summed E-state index contributed by atoms with van der Waals surface area (Å²) in [4.78, 5) is 2.39. The first kappa shape index (κ1) is 42.4. The zero-order valence-electron chi connectivity index (χ0n) is 37.0. The first-order chi connectivity index (χ1) is 31.2. The van der Waals surface area contributed by atoms with Gasteiger partial charge in [0.2, 0.25) is 0 Å². The van der Waals surface area contributed by atoms with Crippen molar-refractivity contribution >= 4 is 22.5 Å². The van der Waals surface area contributed by atoms with Gasteiger partial charge in [-0.1, -0.05) is 86.7 Å². The zero-order valence-corrected chi connectivity index (χ0v) is 37.0. The van der Waals surface area contributed by atoms with E-state index in [4.69, 9.17) is 18.9 Å². The Balaban J connectivity index is 1.14. The van der Waals surface area contributed by atoms with Gasteiger partial charge in [-0.3, -0.25) is 0 Å². The number of ether oxygens (including phenoxy) is 4. The first-order valence-corrected chi connectivity index (χ1v) is 23.1. The molecule has 330 valence electrons. The lowest BCUT2D eigenvalue weighted by atomic mass is 9.70. The van der Waals surface area contributed by atoms with E-state index < -0.39 is 17.3 Å². The summed E-state index contributed by atoms with van der Waals surface area (Å²) in [6.45, 7) is 9.21. The van der Waals surface area contributed by atoms with Gasteiger partial charge in [0.1, 0.15) is 11.5 Å². The molecule has 0 bridgehead atoms. The highest BCUT2D eigenvalue weighted by Crippen LogP contribution is 2.61. The van der Waals surface area contributed by atoms with Crippen LogP contribution in [-0.4, -0.2) is 46.6 Å². The summed E-state index contributed by atoms with van der Waals surface area (Å²) in [7, 11) is 1.69. The minimum absolute atomic E-state index is 0.382. The highest BCUT2D eigenvalue weighted by atomic mass is 19.4. The Morgan fingerprint density at radius 3 is 2.14 bits per heavy atom. The molecule has 2 atom stereocenters. The van der Waals surface area contributed by atoms with Crippen LogP contribution < -0.4 is 14.4 Å². The van der Waals surface area contributed by atoms with E-state index in [2.05, 4.69) is 104 Å². The van der Waals surface area contributed by atoms with Crippen molar-refractivity contribution in [2.75, 3.05) is 51.5 Å². The number of benzene rings is 6. The molecule has 0 N–H and O–H groups in total. The molecule has 5 nitrogen and oxygen atoms in total. The van der Waals surface area contributed by atoms with E-state index in [1.807, 2.05) is 12.1 Å². The lowest BCUT2D eigenvalue weighted by Gasteiger charge is -2.39. The normalized spacial score (nSPS) is 20.3. The van der Waals surface area contributed by atoms with E-state index in [1.54, 1.807) is 19.2 Å². The highest BCUT2D eigenvalue weighted by molar-refractivity contribution is 6.09. The molecule has 2 saturated heterocycles. The van der Waals surface area contributed by atoms with E-state index in [0.29, 0.717) is 19.1 Å². The number of hydrogen-bond donors (Lipinski definition) is 0. The molecule has 2 fully saturated rings. The van der Waals surface area contributed by atoms with Crippen LogP contribution in [0.25, 0.3) is 39.1 Å². The molecule has 2 unspecified atom stereocenters. The number of methoxy groups -OCH3 is 1. The second kappa shape index (κ2) is 17.1. The van der Waals surface area contributed by atoms with E-state index in [9.17, 15) is 13.2 Å². The van der Waals surface area contributed by atoms with Gasteiger partial charge in [0.15, 0.2) is 5.60 Å². The van der Waals surface area contributed by atoms with Crippen LogP contribution in [0.5, 0.6) is 11.5 Å². The minimum Gasteiger partial charge on any atom is -0.497 e. The number of halogens is 3. The predicted molar refractivity (Wildman–Crippen MR) is 251 cm³/mol. The Hall–Kier alpha value is -5.57. The van der Waals surface area contributed by atoms with Crippen LogP contribution in [0.2, 0.25) is 0 Å². The lowest BCUT2D eigenvalue weighted by molar-refractivity contribution is -0.137. The third-order valence-corrected chi connectivity index (χ3v) is 14.8. The Morgan fingerprint density at radius 1 is 0.734 bits per heavy atom. The summed E-state index contributed by atoms with van der Waals surface area (Å²) in [5.74, 6) is 2.32. The van der Waals surface area contributed by atoms with E-state index in [0.717, 1.165) is 126 Å². The van der Waals surface area contributed by atoms with Gasteiger partial charge in [-0.15, -0.1) is 0 Å². The molecule has 0 amide bonds. The van der Waals surface area contributed by atoms with Crippen LogP contribution in [0.3, 0.4) is 0 Å². The molecule has 3 aliphatic heterocycles. The summed E-state index contributed by atoms with van der Waals surface area (Å²) in [6, 6.07) is 36.2. The average Bonchev–Trinajstić information content (AvgIpc) is 3.42. The Bertz CT molecular complexity index is 2670. The molecule has 4 aliphatic rings. The summed E-state index contributed by atoms with van der Waals surface area (Å²) < 4.78 is 65.7. The third kappa shape index (κ3) is 7.37. The highest BCUT2D eigenvalue weighted by Gasteiger charge is 2.47. The van der Waals surface area contributed by atoms with E-state index >= 15 is 0 Å². The quantitative estimate of drug-likeness (QED) is 0.137. The molecule has 0 radical (unpaired) electrons. The predicted octanol–water partition coefficient (Wildman–Crippen LogP) is 13.6. The van der Waals surface area contributed by atoms with Crippen molar-refractivity contribution in [3.05, 3.63) is 154 Å². The van der Waals surface area contributed by atoms with Crippen molar-refractivity contribution < 1.29 is 32.1 Å². The summed E-state index contributed by atoms with van der Waals surface area (Å²) in [5.41, 5.74) is 10.1. The minimum atomic E-state index is -4.40. The van der Waals surface area contributed by atoms with E-state index in [1.165, 1.54) is 40.8 Å². The number of nitrogens with zero attached hydrogens (tertiary/aromatic N) is 1. The largest absolute Gasteiger partial charge is 0.497 e. The second-order valence-corrected chi connectivity index (χ2v) is 18.0. The Labute approximate surface area is 374 Å². The van der Waals surface area contributed by atoms with Crippen LogP contribution in [-0.2, 0) is 33.1 Å². The van der Waals surface area contributed by atoms with Crippen LogP contribution in [0.4, 0.5) is 18.9 Å². The molecule has 10 rings (SSSR count). The van der Waals surface area contributed by atoms with Gasteiger partial charge >= 0.3 is 6.18 Å². The SMILES string of the molecule is CCC1(CC)c2cc(-c3ccc(C(F)(F)F)cc3)ccc2-c2c1c1c(c3cc(N4CCOCC4)ccc23)OC(c2ccc(CCC3CCCOCC3)cc2)(c2ccc(OC)cc2)C=C1. The summed E-state index contributed by atoms with van der Waals surface area (Å²) in [6.07, 6.45) is 7.51. The number of alkyl halides is 3. The van der Waals surface area contributed by atoms with Crippen molar-refractivity contribution in [3.63, 3.8) is 0 Å². The standard InChI is InChI=1S/C56H56F3NO4/c1-4-54(5-2)50-35-40(39-12-17-43(18-13-39)56(57,58)59)14-24-47(50)51-46-25-21-44(60-29-33-63-34-30-60)36-49(46)53-48(52(51)54)26-28-55(64-53,42-19-22-45(61-3)23-20-42)41-15-10-38(11-16-41)9-8-37-7-6-31-62-32-27-37/h10-26,28,35-37H,4-9,27,29-34H2,1-3H3. The van der Waals surface area contributed by atoms with Crippen molar-refractivity contribution in [1.29, 1.82) is 0 Å². The molecule has 8 heteroatoms. The van der Waals surface area contributed by atoms with Crippen LogP contribution >= 0.6 is 0 Å². The molecule has 6 aromatic carbocycles. The molecule has 6 aromatic rings. The number of morpholine rings is 1. The van der Waals surface area contributed by atoms with Gasteiger partial charge in [-0.25, -0.2) is 0 Å². The Morgan fingerprint density at radius 2 is 1.44 bits per heavy atom. The maximum absolute atomic E-state index is 13.6. The van der Waals surface area contributed by atoms with Crippen LogP contribution in [0, 0.1) is 5.92 Å². The molecule has 64 heavy (non-hydrogen) atoms. The van der Waals surface area contributed by atoms with Crippen LogP contribution in [0.1, 0.15) is 91.3 Å². The smallest absolute Gasteiger partial charge is 0.416 e. The van der Waals surface area contributed by atoms with Gasteiger partial charge in [0.05, 0.1) is 25.9 Å². The molecule has 3 heterocycles. The molecule has 0 aromatic heterocycles. The topological polar surface area (TPSA) is 40.2 Å². The van der Waals surface area contributed by atoms with Crippen molar-refractivity contribution in [1.82, 2.24) is 0 Å². The monoisotopic (exact) mass is 863 g/mol. The zero-order chi connectivity index (χ0) is 44.1. The molecule has 0 saturated carbocycles. The average molecular weight is 864 g/mol. The maximum atomic E-state index is 13.6. The van der Waals surface area contributed by atoms with Gasteiger partial charge in [-0.2, -0.15) is 13.2 Å². The fraction of sp³-hybridized carbons (Fsp3) is 0.357. The summed E-state index contributed by atoms with van der Waals surface area (Å²) >= 11 is 0. The fourth-order valence-electron chi connectivity index (χ4n) is 11.1. The molecule has 0 spiro atoms. The van der Waals surface area contributed by atoms with Crippen molar-refractivity contribution in [2.24, 2.45) is 5.92 Å². The van der Waals surface area contributed by atoms with Gasteiger partial charge < -0.3 is 23.8 Å². The van der Waals surface area contributed by atoms with Gasteiger partial charge in [-0.05, 0) is 144 Å². The van der Waals surface area contributed by atoms with Crippen LogP contribution in [0.15, 0.2) is 115 Å². The van der Waals surface area contributed by atoms with Crippen molar-refractivity contribution in [3.8, 4) is 33.8 Å². The molecule has 1 aliphatic carbocycles. The summed E-state index contributed by atoms with van der Waals surface area (Å²) in [5, 5.41) is 2.17. The lowest BCUT2D eigenvalue weighted by Crippen LogP contribution is -2.36. The number of rotatable bonds is 10. The number of anilines is 1. The molecular weight excluding hydrogens is 808 g/mol. The van der Waals surface area contributed by atoms with Gasteiger partial charge in [0, 0.05) is 59.5 Å². The third-order valence-electron chi connectivity index (χ3n) is 14.8. The van der Waals surface area contributed by atoms with Crippen molar-refractivity contribution in [2.45, 2.75) is 76.0 Å². The second-order valence-electron chi connectivity index (χ2n) is 18.0. The van der Waals surface area contributed by atoms with Gasteiger partial charge in [0.25, 0.3) is 0 Å². The van der Waals surface area contributed by atoms with E-state index in [-0.39, 0.29) is 5.41 Å². The number of fused-ring (bicyclic) bond motifs is 8.